The summed E-state index contributed by atoms with van der Waals surface area (Å²) in [4.78, 5) is 57.2. The molecule has 234 valence electrons. The number of carbonyl (C=O) groups excluding carboxylic acids is 1. The number of carbonyl (C=O) groups is 1. The summed E-state index contributed by atoms with van der Waals surface area (Å²) in [5.41, 5.74) is 8.21. The van der Waals surface area contributed by atoms with Gasteiger partial charge in [0.15, 0.2) is 0 Å². The van der Waals surface area contributed by atoms with Crippen molar-refractivity contribution in [1.82, 2.24) is 19.9 Å². The van der Waals surface area contributed by atoms with Crippen LogP contribution in [-0.2, 0) is 42.8 Å². The minimum absolute atomic E-state index is 0.0537. The van der Waals surface area contributed by atoms with Crippen molar-refractivity contribution in [2.24, 2.45) is 0 Å². The molecule has 0 radical (unpaired) electrons. The first-order chi connectivity index (χ1) is 20.1. The first kappa shape index (κ1) is 33.1. The molecule has 0 aromatic carbocycles. The quantitative estimate of drug-likeness (QED) is 0.100. The Morgan fingerprint density at radius 3 is 2.58 bits per heavy atom. The monoisotopic (exact) mass is 663 g/mol. The number of fused-ring (bicyclic) bond motifs is 1. The van der Waals surface area contributed by atoms with Crippen LogP contribution in [0.3, 0.4) is 0 Å². The second-order valence-electron chi connectivity index (χ2n) is 9.10. The van der Waals surface area contributed by atoms with E-state index in [-0.39, 0.29) is 12.3 Å². The Kier molecular flexibility index (Phi) is 10.3. The van der Waals surface area contributed by atoms with Gasteiger partial charge in [0.25, 0.3) is 0 Å². The summed E-state index contributed by atoms with van der Waals surface area (Å²) in [7, 11) is -16.7. The number of nitrogen functional groups attached to an aromatic ring is 1. The van der Waals surface area contributed by atoms with Crippen LogP contribution in [0.4, 0.5) is 5.69 Å². The van der Waals surface area contributed by atoms with Crippen LogP contribution in [0.2, 0.25) is 0 Å². The van der Waals surface area contributed by atoms with Crippen LogP contribution in [0, 0.1) is 0 Å². The highest BCUT2D eigenvalue weighted by atomic mass is 31.3. The van der Waals surface area contributed by atoms with Crippen molar-refractivity contribution in [3.05, 3.63) is 60.2 Å². The number of aromatic nitrogens is 3. The van der Waals surface area contributed by atoms with Crippen molar-refractivity contribution in [3.63, 3.8) is 0 Å². The number of phosphoric ester groups is 1. The number of nitrogens with one attached hydrogen (secondary N) is 1. The normalized spacial score (nSPS) is 22.0. The van der Waals surface area contributed by atoms with Crippen molar-refractivity contribution in [1.29, 1.82) is 0 Å². The summed E-state index contributed by atoms with van der Waals surface area (Å²) in [6.45, 7) is -0.469. The highest BCUT2D eigenvalue weighted by molar-refractivity contribution is 7.66. The smallest absolute Gasteiger partial charge is 0.398 e. The Morgan fingerprint density at radius 2 is 1.88 bits per heavy atom. The third-order valence-corrected chi connectivity index (χ3v) is 9.73. The Morgan fingerprint density at radius 1 is 1.12 bits per heavy atom. The first-order valence-electron chi connectivity index (χ1n) is 12.4. The van der Waals surface area contributed by atoms with Crippen LogP contribution in [0.5, 0.6) is 0 Å². The van der Waals surface area contributed by atoms with Crippen LogP contribution in [0.25, 0.3) is 17.1 Å². The molecule has 1 aliphatic rings. The second kappa shape index (κ2) is 13.4. The minimum atomic E-state index is -5.70. The van der Waals surface area contributed by atoms with Crippen LogP contribution < -0.4 is 11.1 Å². The third-order valence-electron chi connectivity index (χ3n) is 5.93. The second-order valence-corrected chi connectivity index (χ2v) is 13.5. The van der Waals surface area contributed by atoms with E-state index in [1.54, 1.807) is 29.1 Å². The van der Waals surface area contributed by atoms with Gasteiger partial charge in [-0.05, 0) is 24.3 Å². The van der Waals surface area contributed by atoms with Gasteiger partial charge in [-0.2, -0.15) is 8.62 Å². The molecule has 21 heteroatoms. The molecule has 0 spiro atoms. The van der Waals surface area contributed by atoms with Crippen molar-refractivity contribution in [2.75, 3.05) is 18.9 Å². The number of anilines is 1. The number of nitrogens with two attached hydrogens (primary N) is 1. The predicted octanol–water partition coefficient (Wildman–Crippen LogP) is 1.38. The number of pyridine rings is 2. The van der Waals surface area contributed by atoms with E-state index < -0.39 is 48.5 Å². The summed E-state index contributed by atoms with van der Waals surface area (Å²) < 4.78 is 53.6. The van der Waals surface area contributed by atoms with Crippen molar-refractivity contribution in [2.45, 2.75) is 31.3 Å². The van der Waals surface area contributed by atoms with E-state index in [9.17, 15) is 33.4 Å². The fourth-order valence-electron chi connectivity index (χ4n) is 4.17. The molecular weight excluding hydrogens is 635 g/mol. The minimum Gasteiger partial charge on any atom is -0.398 e. The summed E-state index contributed by atoms with van der Waals surface area (Å²) in [5.74, 6) is -0.363. The van der Waals surface area contributed by atoms with Gasteiger partial charge in [0, 0.05) is 66.4 Å². The van der Waals surface area contributed by atoms with Gasteiger partial charge < -0.3 is 45.0 Å². The van der Waals surface area contributed by atoms with Crippen LogP contribution >= 0.6 is 23.5 Å². The zero-order valence-electron chi connectivity index (χ0n) is 22.0. The van der Waals surface area contributed by atoms with Gasteiger partial charge in [-0.15, -0.1) is 0 Å². The van der Waals surface area contributed by atoms with Gasteiger partial charge in [-0.3, -0.25) is 14.3 Å². The van der Waals surface area contributed by atoms with E-state index in [1.807, 2.05) is 12.1 Å². The van der Waals surface area contributed by atoms with Gasteiger partial charge in [-0.25, -0.2) is 18.7 Å². The maximum Gasteiger partial charge on any atom is 0.490 e. The molecule has 0 bridgehead atoms. The number of hydrogen-bond acceptors (Lipinski definition) is 12. The van der Waals surface area contributed by atoms with Gasteiger partial charge in [0.2, 0.25) is 5.91 Å². The number of phosphoric acid groups is 3. The molecule has 0 saturated carbocycles. The first-order valence-corrected chi connectivity index (χ1v) is 16.9. The molecule has 1 saturated heterocycles. The van der Waals surface area contributed by atoms with E-state index in [4.69, 9.17) is 20.3 Å². The van der Waals surface area contributed by atoms with Gasteiger partial charge in [0.1, 0.15) is 18.0 Å². The average Bonchev–Trinajstić information content (AvgIpc) is 3.45. The number of hydrogen-bond donors (Lipinski definition) is 7. The average molecular weight is 663 g/mol. The molecule has 1 aliphatic heterocycles. The van der Waals surface area contributed by atoms with E-state index in [1.165, 1.54) is 18.3 Å². The molecule has 3 aromatic heterocycles. The summed E-state index contributed by atoms with van der Waals surface area (Å²) >= 11 is 0. The SMILES string of the molecule is Nc1ccnc2c1c(/C=C/C(=O)NCCc1ccccn1)cn2[C@H]1CC(O)[C@@H](COP(=O)(O)OP(=O)(O)OP(=O)(O)O)O1. The Balaban J connectivity index is 1.42. The van der Waals surface area contributed by atoms with E-state index in [0.29, 0.717) is 35.2 Å². The highest BCUT2D eigenvalue weighted by Crippen LogP contribution is 2.66. The van der Waals surface area contributed by atoms with Crippen molar-refractivity contribution < 1.29 is 61.1 Å². The Bertz CT molecular complexity index is 1630. The highest BCUT2D eigenvalue weighted by Gasteiger charge is 2.43. The molecule has 3 aromatic rings. The van der Waals surface area contributed by atoms with E-state index in [2.05, 4.69) is 28.4 Å². The maximum absolute atomic E-state index is 12.4. The fourth-order valence-corrected chi connectivity index (χ4v) is 7.20. The molecule has 0 aliphatic carbocycles. The molecule has 43 heavy (non-hydrogen) atoms. The molecule has 1 fully saturated rings. The van der Waals surface area contributed by atoms with Gasteiger partial charge in [0.05, 0.1) is 12.7 Å². The lowest BCUT2D eigenvalue weighted by Gasteiger charge is -2.19. The standard InChI is InChI=1S/C22H28N5O13P3/c23-16-7-10-26-22-21(16)14(4-5-19(29)25-9-6-15-3-1-2-8-24-15)12-27(22)20-11-17(28)18(38-20)13-37-42(33,34)40-43(35,36)39-41(30,31)32/h1-5,7-8,10,12,17-18,20,28H,6,9,11,13H2,(H2,23,26)(H,25,29)(H,33,34)(H,35,36)(H2,30,31,32)/b5-4+/t17?,18-,20-/m1/s1. The number of nitrogens with zero attached hydrogens (tertiary/aromatic N) is 3. The lowest BCUT2D eigenvalue weighted by Crippen LogP contribution is -2.26. The molecule has 3 unspecified atom stereocenters. The number of aliphatic hydroxyl groups is 1. The lowest BCUT2D eigenvalue weighted by atomic mass is 10.2. The van der Waals surface area contributed by atoms with Crippen LogP contribution in [-0.4, -0.2) is 70.5 Å². The van der Waals surface area contributed by atoms with Crippen molar-refractivity contribution in [3.8, 4) is 0 Å². The molecule has 8 N–H and O–H groups in total. The van der Waals surface area contributed by atoms with E-state index >= 15 is 0 Å². The van der Waals surface area contributed by atoms with Crippen LogP contribution in [0.15, 0.2) is 48.9 Å². The van der Waals surface area contributed by atoms with Crippen molar-refractivity contribution >= 4 is 52.2 Å². The lowest BCUT2D eigenvalue weighted by molar-refractivity contribution is -0.116. The summed E-state index contributed by atoms with van der Waals surface area (Å²) in [6.07, 6.45) is 4.63. The molecule has 1 amide bonds. The molecular formula is C22H28N5O13P3. The summed E-state index contributed by atoms with van der Waals surface area (Å²) in [6, 6.07) is 7.06. The molecule has 18 nitrogen and oxygen atoms in total. The van der Waals surface area contributed by atoms with Gasteiger partial charge in [-0.1, -0.05) is 6.07 Å². The number of ether oxygens (including phenoxy) is 1. The molecule has 4 heterocycles. The maximum atomic E-state index is 12.4. The Hall–Kier alpha value is -2.82. The Labute approximate surface area is 243 Å². The topological polar surface area (TPSA) is 275 Å². The summed E-state index contributed by atoms with van der Waals surface area (Å²) in [5, 5.41) is 13.8. The van der Waals surface area contributed by atoms with E-state index in [0.717, 1.165) is 5.69 Å². The predicted molar refractivity (Wildman–Crippen MR) is 148 cm³/mol. The molecule has 5 atom stereocenters. The number of aliphatic hydroxyl groups excluding tert-OH is 1. The fraction of sp³-hybridized carbons (Fsp3) is 0.318. The third kappa shape index (κ3) is 9.33. The zero-order valence-corrected chi connectivity index (χ0v) is 24.7. The number of amides is 1. The largest absolute Gasteiger partial charge is 0.490 e. The van der Waals surface area contributed by atoms with Crippen LogP contribution in [0.1, 0.15) is 23.9 Å². The zero-order chi connectivity index (χ0) is 31.4. The van der Waals surface area contributed by atoms with Gasteiger partial charge >= 0.3 is 23.5 Å². The molecule has 4 rings (SSSR count). The number of rotatable bonds is 13.